The largest absolute Gasteiger partial charge is 0.366 e. The predicted octanol–water partition coefficient (Wildman–Crippen LogP) is 2.39. The number of amides is 1. The number of nitrogens with two attached hydrogens (primary N) is 1. The normalized spacial score (nSPS) is 10.4. The second-order valence-corrected chi connectivity index (χ2v) is 6.37. The van der Waals surface area contributed by atoms with E-state index in [1.807, 2.05) is 44.3 Å². The molecular formula is C19H19N5O2S. The summed E-state index contributed by atoms with van der Waals surface area (Å²) >= 11 is 5.32. The highest BCUT2D eigenvalue weighted by molar-refractivity contribution is 7.80. The highest BCUT2D eigenvalue weighted by Crippen LogP contribution is 2.15. The quantitative estimate of drug-likeness (QED) is 0.604. The standard InChI is InChI=1S/C19H19N5O2S/c1-12-16(18(26)24(23(12)2)15-6-4-3-5-7-15)22-19(27)21-14-10-8-13(9-11-14)17(20)25/h3-11H,1-2H3,(H2,20,25)(H2,21,22,27). The van der Waals surface area contributed by atoms with Crippen LogP contribution in [0, 0.1) is 6.92 Å². The first-order chi connectivity index (χ1) is 12.9. The molecule has 0 saturated heterocycles. The molecule has 1 amide bonds. The molecule has 3 rings (SSSR count). The van der Waals surface area contributed by atoms with Crippen LogP contribution in [0.1, 0.15) is 16.1 Å². The molecule has 0 saturated carbocycles. The molecule has 138 valence electrons. The summed E-state index contributed by atoms with van der Waals surface area (Å²) in [5.74, 6) is -0.497. The molecule has 0 fully saturated rings. The Hall–Kier alpha value is -3.39. The van der Waals surface area contributed by atoms with Crippen LogP contribution in [0.3, 0.4) is 0 Å². The molecule has 0 unspecified atom stereocenters. The lowest BCUT2D eigenvalue weighted by atomic mass is 10.2. The zero-order valence-corrected chi connectivity index (χ0v) is 15.7. The molecule has 0 atom stereocenters. The van der Waals surface area contributed by atoms with E-state index in [-0.39, 0.29) is 10.7 Å². The number of nitrogens with one attached hydrogen (secondary N) is 2. The number of benzene rings is 2. The van der Waals surface area contributed by atoms with Gasteiger partial charge in [0.25, 0.3) is 5.56 Å². The molecule has 4 N–H and O–H groups in total. The summed E-state index contributed by atoms with van der Waals surface area (Å²) < 4.78 is 3.34. The van der Waals surface area contributed by atoms with E-state index in [1.165, 1.54) is 0 Å². The van der Waals surface area contributed by atoms with Gasteiger partial charge in [-0.2, -0.15) is 0 Å². The summed E-state index contributed by atoms with van der Waals surface area (Å²) in [5.41, 5.74) is 8.02. The fourth-order valence-corrected chi connectivity index (χ4v) is 2.93. The first kappa shape index (κ1) is 18.4. The number of carbonyl (C=O) groups is 1. The molecule has 0 aliphatic heterocycles. The topological polar surface area (TPSA) is 94.1 Å². The van der Waals surface area contributed by atoms with Crippen LogP contribution in [0.5, 0.6) is 0 Å². The van der Waals surface area contributed by atoms with Crippen LogP contribution < -0.4 is 21.9 Å². The third kappa shape index (κ3) is 3.75. The van der Waals surface area contributed by atoms with E-state index in [9.17, 15) is 9.59 Å². The SMILES string of the molecule is Cc1c(NC(=S)Nc2ccc(C(N)=O)cc2)c(=O)n(-c2ccccc2)n1C. The third-order valence-corrected chi connectivity index (χ3v) is 4.42. The van der Waals surface area contributed by atoms with Crippen molar-refractivity contribution >= 4 is 34.6 Å². The maximum Gasteiger partial charge on any atom is 0.295 e. The second kappa shape index (κ2) is 7.46. The molecule has 27 heavy (non-hydrogen) atoms. The maximum atomic E-state index is 12.9. The van der Waals surface area contributed by atoms with Crippen LogP contribution in [0.2, 0.25) is 0 Å². The zero-order valence-electron chi connectivity index (χ0n) is 14.9. The van der Waals surface area contributed by atoms with E-state index in [1.54, 1.807) is 33.6 Å². The lowest BCUT2D eigenvalue weighted by Gasteiger charge is -2.10. The minimum atomic E-state index is -0.497. The Morgan fingerprint density at radius 3 is 2.26 bits per heavy atom. The van der Waals surface area contributed by atoms with Gasteiger partial charge in [0.15, 0.2) is 5.11 Å². The Balaban J connectivity index is 1.82. The van der Waals surface area contributed by atoms with Crippen molar-refractivity contribution in [2.75, 3.05) is 10.6 Å². The number of carbonyl (C=O) groups excluding carboxylic acids is 1. The van der Waals surface area contributed by atoms with Crippen LogP contribution >= 0.6 is 12.2 Å². The first-order valence-corrected chi connectivity index (χ1v) is 8.61. The Morgan fingerprint density at radius 2 is 1.67 bits per heavy atom. The molecule has 0 bridgehead atoms. The second-order valence-electron chi connectivity index (χ2n) is 5.96. The molecule has 1 aromatic heterocycles. The van der Waals surface area contributed by atoms with Crippen molar-refractivity contribution < 1.29 is 4.79 Å². The maximum absolute atomic E-state index is 12.9. The number of primary amides is 1. The van der Waals surface area contributed by atoms with E-state index in [2.05, 4.69) is 10.6 Å². The van der Waals surface area contributed by atoms with Gasteiger partial charge in [-0.25, -0.2) is 4.68 Å². The summed E-state index contributed by atoms with van der Waals surface area (Å²) in [6.07, 6.45) is 0. The Kier molecular flexibility index (Phi) is 5.09. The monoisotopic (exact) mass is 381 g/mol. The number of aromatic nitrogens is 2. The van der Waals surface area contributed by atoms with Gasteiger partial charge in [-0.15, -0.1) is 0 Å². The van der Waals surface area contributed by atoms with Crippen LogP contribution in [-0.4, -0.2) is 20.4 Å². The molecule has 0 spiro atoms. The summed E-state index contributed by atoms with van der Waals surface area (Å²) in [4.78, 5) is 24.0. The third-order valence-electron chi connectivity index (χ3n) is 4.22. The van der Waals surface area contributed by atoms with Crippen LogP contribution in [0.4, 0.5) is 11.4 Å². The van der Waals surface area contributed by atoms with Crippen molar-refractivity contribution in [2.45, 2.75) is 6.92 Å². The fourth-order valence-electron chi connectivity index (χ4n) is 2.71. The van der Waals surface area contributed by atoms with Crippen molar-refractivity contribution in [2.24, 2.45) is 12.8 Å². The van der Waals surface area contributed by atoms with Gasteiger partial charge in [-0.3, -0.25) is 14.3 Å². The molecule has 0 aliphatic carbocycles. The fraction of sp³-hybridized carbons (Fsp3) is 0.105. The molecule has 3 aromatic rings. The first-order valence-electron chi connectivity index (χ1n) is 8.20. The Morgan fingerprint density at radius 1 is 1.04 bits per heavy atom. The van der Waals surface area contributed by atoms with E-state index in [0.717, 1.165) is 11.4 Å². The molecule has 0 aliphatic rings. The van der Waals surface area contributed by atoms with Gasteiger partial charge in [0, 0.05) is 18.3 Å². The molecule has 7 nitrogen and oxygen atoms in total. The van der Waals surface area contributed by atoms with Crippen LogP contribution in [0.15, 0.2) is 59.4 Å². The van der Waals surface area contributed by atoms with Crippen molar-refractivity contribution in [3.8, 4) is 5.69 Å². The molecule has 0 radical (unpaired) electrons. The Labute approximate surface area is 161 Å². The molecule has 8 heteroatoms. The number of anilines is 2. The molecular weight excluding hydrogens is 362 g/mol. The number of para-hydroxylation sites is 1. The van der Waals surface area contributed by atoms with Gasteiger partial charge < -0.3 is 16.4 Å². The van der Waals surface area contributed by atoms with Gasteiger partial charge in [0.1, 0.15) is 5.69 Å². The van der Waals surface area contributed by atoms with Crippen molar-refractivity contribution in [1.82, 2.24) is 9.36 Å². The average Bonchev–Trinajstić information content (AvgIpc) is 2.86. The highest BCUT2D eigenvalue weighted by Gasteiger charge is 2.17. The van der Waals surface area contributed by atoms with Crippen LogP contribution in [-0.2, 0) is 7.05 Å². The highest BCUT2D eigenvalue weighted by atomic mass is 32.1. The number of rotatable bonds is 4. The smallest absolute Gasteiger partial charge is 0.295 e. The Bertz CT molecular complexity index is 1050. The van der Waals surface area contributed by atoms with E-state index >= 15 is 0 Å². The van der Waals surface area contributed by atoms with Gasteiger partial charge in [-0.1, -0.05) is 18.2 Å². The number of thiocarbonyl (C=S) groups is 1. The van der Waals surface area contributed by atoms with Crippen molar-refractivity contribution in [1.29, 1.82) is 0 Å². The van der Waals surface area contributed by atoms with Gasteiger partial charge in [-0.05, 0) is 55.5 Å². The van der Waals surface area contributed by atoms with Gasteiger partial charge >= 0.3 is 0 Å². The molecule has 2 aromatic carbocycles. The summed E-state index contributed by atoms with van der Waals surface area (Å²) in [7, 11) is 1.81. The summed E-state index contributed by atoms with van der Waals surface area (Å²) in [6.45, 7) is 1.84. The van der Waals surface area contributed by atoms with Crippen molar-refractivity contribution in [3.05, 3.63) is 76.2 Å². The minimum Gasteiger partial charge on any atom is -0.366 e. The predicted molar refractivity (Wildman–Crippen MR) is 111 cm³/mol. The summed E-state index contributed by atoms with van der Waals surface area (Å²) in [6, 6.07) is 15.9. The van der Waals surface area contributed by atoms with Gasteiger partial charge in [0.05, 0.1) is 11.4 Å². The lowest BCUT2D eigenvalue weighted by Crippen LogP contribution is -2.25. The molecule has 1 heterocycles. The number of nitrogens with zero attached hydrogens (tertiary/aromatic N) is 2. The number of hydrogen-bond donors (Lipinski definition) is 3. The minimum absolute atomic E-state index is 0.200. The van der Waals surface area contributed by atoms with Gasteiger partial charge in [0.2, 0.25) is 5.91 Å². The number of hydrogen-bond acceptors (Lipinski definition) is 3. The van der Waals surface area contributed by atoms with Crippen LogP contribution in [0.25, 0.3) is 5.69 Å². The van der Waals surface area contributed by atoms with E-state index < -0.39 is 5.91 Å². The van der Waals surface area contributed by atoms with E-state index in [0.29, 0.717) is 16.9 Å². The van der Waals surface area contributed by atoms with Crippen molar-refractivity contribution in [3.63, 3.8) is 0 Å². The summed E-state index contributed by atoms with van der Waals surface area (Å²) in [5, 5.41) is 6.23. The average molecular weight is 381 g/mol. The zero-order chi connectivity index (χ0) is 19.6. The lowest BCUT2D eigenvalue weighted by molar-refractivity contribution is 0.100. The van der Waals surface area contributed by atoms with E-state index in [4.69, 9.17) is 18.0 Å².